The summed E-state index contributed by atoms with van der Waals surface area (Å²) in [6, 6.07) is 9.84. The lowest BCUT2D eigenvalue weighted by molar-refractivity contribution is 0.509. The van der Waals surface area contributed by atoms with Gasteiger partial charge in [0.25, 0.3) is 5.56 Å². The van der Waals surface area contributed by atoms with Gasteiger partial charge in [-0.1, -0.05) is 19.9 Å². The fourth-order valence-electron chi connectivity index (χ4n) is 2.26. The summed E-state index contributed by atoms with van der Waals surface area (Å²) in [6.45, 7) is 5.10. The molecule has 3 nitrogen and oxygen atoms in total. The molecule has 2 N–H and O–H groups in total. The van der Waals surface area contributed by atoms with Gasteiger partial charge in [-0.3, -0.25) is 4.79 Å². The molecule has 4 heteroatoms. The smallest absolute Gasteiger partial charge is 0.255 e. The maximum absolute atomic E-state index is 13.1. The first-order chi connectivity index (χ1) is 10.0. The number of halogens is 1. The van der Waals surface area contributed by atoms with E-state index in [1.807, 2.05) is 6.07 Å². The molecule has 0 amide bonds. The minimum atomic E-state index is -0.284. The van der Waals surface area contributed by atoms with Crippen molar-refractivity contribution in [2.24, 2.45) is 11.7 Å². The zero-order chi connectivity index (χ0) is 15.4. The molecule has 2 aromatic rings. The van der Waals surface area contributed by atoms with Gasteiger partial charge in [0.1, 0.15) is 5.82 Å². The summed E-state index contributed by atoms with van der Waals surface area (Å²) in [6.07, 6.45) is 0.905. The lowest BCUT2D eigenvalue weighted by Crippen LogP contribution is -2.27. The quantitative estimate of drug-likeness (QED) is 0.918. The lowest BCUT2D eigenvalue weighted by Gasteiger charge is -2.15. The van der Waals surface area contributed by atoms with Crippen LogP contribution in [0.2, 0.25) is 0 Å². The highest BCUT2D eigenvalue weighted by Gasteiger charge is 2.10. The van der Waals surface area contributed by atoms with E-state index in [-0.39, 0.29) is 17.9 Å². The van der Waals surface area contributed by atoms with Gasteiger partial charge in [0.05, 0.1) is 5.69 Å². The molecule has 0 atom stereocenters. The fourth-order valence-corrected chi connectivity index (χ4v) is 2.26. The van der Waals surface area contributed by atoms with Crippen molar-refractivity contribution >= 4 is 0 Å². The van der Waals surface area contributed by atoms with Crippen LogP contribution in [0.15, 0.2) is 41.2 Å². The Morgan fingerprint density at radius 2 is 1.81 bits per heavy atom. The Labute approximate surface area is 124 Å². The molecule has 1 aromatic carbocycles. The molecule has 0 aliphatic carbocycles. The zero-order valence-electron chi connectivity index (χ0n) is 12.5. The van der Waals surface area contributed by atoms with E-state index in [2.05, 4.69) is 13.8 Å². The summed E-state index contributed by atoms with van der Waals surface area (Å²) in [7, 11) is 0. The minimum Gasteiger partial charge on any atom is -0.326 e. The highest BCUT2D eigenvalue weighted by atomic mass is 19.1. The van der Waals surface area contributed by atoms with Crippen LogP contribution in [0.3, 0.4) is 0 Å². The molecular weight excluding hydrogens is 267 g/mol. The third kappa shape index (κ3) is 3.58. The van der Waals surface area contributed by atoms with E-state index in [0.717, 1.165) is 17.7 Å². The number of pyridine rings is 1. The molecule has 0 radical (unpaired) electrons. The summed E-state index contributed by atoms with van der Waals surface area (Å²) in [5.41, 5.74) is 7.80. The van der Waals surface area contributed by atoms with Gasteiger partial charge in [0.2, 0.25) is 0 Å². The SMILES string of the molecule is CC(C)CCn1c(-c2ccc(F)cc2)ccc(CN)c1=O. The Morgan fingerprint density at radius 1 is 1.14 bits per heavy atom. The lowest BCUT2D eigenvalue weighted by atomic mass is 10.1. The molecule has 0 spiro atoms. The molecule has 0 saturated carbocycles. The van der Waals surface area contributed by atoms with E-state index >= 15 is 0 Å². The molecule has 0 bridgehead atoms. The Balaban J connectivity index is 2.51. The highest BCUT2D eigenvalue weighted by molar-refractivity contribution is 5.59. The molecule has 112 valence electrons. The number of aromatic nitrogens is 1. The van der Waals surface area contributed by atoms with E-state index in [1.165, 1.54) is 12.1 Å². The monoisotopic (exact) mass is 288 g/mol. The molecule has 1 heterocycles. The standard InChI is InChI=1S/C17H21FN2O/c1-12(2)9-10-20-16(8-5-14(11-19)17(20)21)13-3-6-15(18)7-4-13/h3-8,12H,9-11,19H2,1-2H3. The Kier molecular flexibility index (Phi) is 4.91. The highest BCUT2D eigenvalue weighted by Crippen LogP contribution is 2.20. The number of hydrogen-bond acceptors (Lipinski definition) is 2. The molecular formula is C17H21FN2O. The van der Waals surface area contributed by atoms with Crippen molar-refractivity contribution in [3.8, 4) is 11.3 Å². The van der Waals surface area contributed by atoms with E-state index in [9.17, 15) is 9.18 Å². The summed E-state index contributed by atoms with van der Waals surface area (Å²) < 4.78 is 14.8. The van der Waals surface area contributed by atoms with Crippen molar-refractivity contribution in [3.05, 3.63) is 58.1 Å². The van der Waals surface area contributed by atoms with Gasteiger partial charge >= 0.3 is 0 Å². The third-order valence-corrected chi connectivity index (χ3v) is 3.54. The Hall–Kier alpha value is -1.94. The molecule has 2 rings (SSSR count). The second-order valence-electron chi connectivity index (χ2n) is 5.59. The summed E-state index contributed by atoms with van der Waals surface area (Å²) in [5, 5.41) is 0. The molecule has 0 unspecified atom stereocenters. The number of hydrogen-bond donors (Lipinski definition) is 1. The van der Waals surface area contributed by atoms with E-state index in [1.54, 1.807) is 22.8 Å². The van der Waals surface area contributed by atoms with Gasteiger partial charge in [-0.15, -0.1) is 0 Å². The second kappa shape index (κ2) is 6.68. The average Bonchev–Trinajstić information content (AvgIpc) is 2.46. The van der Waals surface area contributed by atoms with Crippen LogP contribution in [0.25, 0.3) is 11.3 Å². The van der Waals surface area contributed by atoms with Gasteiger partial charge in [0, 0.05) is 18.7 Å². The molecule has 21 heavy (non-hydrogen) atoms. The van der Waals surface area contributed by atoms with Gasteiger partial charge in [-0.2, -0.15) is 0 Å². The summed E-state index contributed by atoms with van der Waals surface area (Å²) in [5.74, 6) is 0.216. The number of nitrogens with two attached hydrogens (primary N) is 1. The van der Waals surface area contributed by atoms with E-state index in [4.69, 9.17) is 5.73 Å². The average molecular weight is 288 g/mol. The van der Waals surface area contributed by atoms with Gasteiger partial charge in [0.15, 0.2) is 0 Å². The fraction of sp³-hybridized carbons (Fsp3) is 0.353. The first-order valence-electron chi connectivity index (χ1n) is 7.21. The predicted octanol–water partition coefficient (Wildman–Crippen LogP) is 3.16. The zero-order valence-corrected chi connectivity index (χ0v) is 12.5. The van der Waals surface area contributed by atoms with Crippen LogP contribution in [-0.4, -0.2) is 4.57 Å². The summed E-state index contributed by atoms with van der Waals surface area (Å²) >= 11 is 0. The van der Waals surface area contributed by atoms with Crippen molar-refractivity contribution in [1.29, 1.82) is 0 Å². The molecule has 0 saturated heterocycles. The topological polar surface area (TPSA) is 48.0 Å². The maximum Gasteiger partial charge on any atom is 0.255 e. The molecule has 0 fully saturated rings. The van der Waals surface area contributed by atoms with Crippen LogP contribution in [0.1, 0.15) is 25.8 Å². The normalized spacial score (nSPS) is 11.1. The number of nitrogens with zero attached hydrogens (tertiary/aromatic N) is 1. The van der Waals surface area contributed by atoms with Gasteiger partial charge < -0.3 is 10.3 Å². The van der Waals surface area contributed by atoms with Crippen molar-refractivity contribution < 1.29 is 4.39 Å². The van der Waals surface area contributed by atoms with Crippen molar-refractivity contribution in [1.82, 2.24) is 4.57 Å². The number of rotatable bonds is 5. The van der Waals surface area contributed by atoms with Crippen molar-refractivity contribution in [3.63, 3.8) is 0 Å². The second-order valence-corrected chi connectivity index (χ2v) is 5.59. The number of benzene rings is 1. The van der Waals surface area contributed by atoms with E-state index < -0.39 is 0 Å². The van der Waals surface area contributed by atoms with Gasteiger partial charge in [-0.25, -0.2) is 4.39 Å². The molecule has 0 aliphatic rings. The first kappa shape index (κ1) is 15.4. The van der Waals surface area contributed by atoms with Crippen LogP contribution < -0.4 is 11.3 Å². The van der Waals surface area contributed by atoms with Crippen LogP contribution in [0, 0.1) is 11.7 Å². The largest absolute Gasteiger partial charge is 0.326 e. The van der Waals surface area contributed by atoms with Crippen LogP contribution in [0.4, 0.5) is 4.39 Å². The summed E-state index contributed by atoms with van der Waals surface area (Å²) in [4.78, 5) is 12.5. The minimum absolute atomic E-state index is 0.0556. The third-order valence-electron chi connectivity index (χ3n) is 3.54. The molecule has 0 aliphatic heterocycles. The molecule has 1 aromatic heterocycles. The van der Waals surface area contributed by atoms with Crippen molar-refractivity contribution in [2.45, 2.75) is 33.4 Å². The Bertz CT molecular complexity index is 659. The van der Waals surface area contributed by atoms with E-state index in [0.29, 0.717) is 18.0 Å². The maximum atomic E-state index is 13.1. The van der Waals surface area contributed by atoms with Crippen LogP contribution in [0.5, 0.6) is 0 Å². The van der Waals surface area contributed by atoms with Crippen LogP contribution >= 0.6 is 0 Å². The van der Waals surface area contributed by atoms with Crippen molar-refractivity contribution in [2.75, 3.05) is 0 Å². The van der Waals surface area contributed by atoms with Gasteiger partial charge in [-0.05, 0) is 48.2 Å². The van der Waals surface area contributed by atoms with Crippen LogP contribution in [-0.2, 0) is 13.1 Å². The Morgan fingerprint density at radius 3 is 2.38 bits per heavy atom. The first-order valence-corrected chi connectivity index (χ1v) is 7.21. The predicted molar refractivity (Wildman–Crippen MR) is 83.4 cm³/mol.